The number of carbonyl (C=O) groups excluding carboxylic acids is 1. The van der Waals surface area contributed by atoms with Gasteiger partial charge in [-0.15, -0.1) is 11.3 Å². The van der Waals surface area contributed by atoms with Crippen LogP contribution in [0.3, 0.4) is 0 Å². The van der Waals surface area contributed by atoms with Crippen LogP contribution in [0.4, 0.5) is 10.1 Å². The van der Waals surface area contributed by atoms with E-state index < -0.39 is 0 Å². The minimum atomic E-state index is -0.350. The molecule has 1 aromatic heterocycles. The summed E-state index contributed by atoms with van der Waals surface area (Å²) in [7, 11) is 0. The highest BCUT2D eigenvalue weighted by molar-refractivity contribution is 7.21. The molecule has 1 amide bonds. The number of nitrogen functional groups attached to an aromatic ring is 1. The normalized spacial score (nSPS) is 21.2. The third-order valence-corrected chi connectivity index (χ3v) is 4.91. The van der Waals surface area contributed by atoms with E-state index >= 15 is 0 Å². The van der Waals surface area contributed by atoms with Gasteiger partial charge in [0.15, 0.2) is 0 Å². The molecule has 1 saturated carbocycles. The van der Waals surface area contributed by atoms with Crippen LogP contribution in [0.25, 0.3) is 10.1 Å². The van der Waals surface area contributed by atoms with Gasteiger partial charge in [-0.3, -0.25) is 4.79 Å². The zero-order valence-electron chi connectivity index (χ0n) is 11.7. The van der Waals surface area contributed by atoms with Crippen LogP contribution in [-0.2, 0) is 4.74 Å². The molecule has 21 heavy (non-hydrogen) atoms. The Morgan fingerprint density at radius 3 is 3.00 bits per heavy atom. The predicted molar refractivity (Wildman–Crippen MR) is 82.1 cm³/mol. The molecular formula is C15H17FN2O2S. The third kappa shape index (κ3) is 2.73. The highest BCUT2D eigenvalue weighted by atomic mass is 32.1. The number of halogens is 1. The largest absolute Gasteiger partial charge is 0.397 e. The van der Waals surface area contributed by atoms with Gasteiger partial charge in [-0.05, 0) is 38.0 Å². The van der Waals surface area contributed by atoms with Crippen molar-refractivity contribution >= 4 is 33.0 Å². The number of nitrogens with one attached hydrogen (secondary N) is 1. The van der Waals surface area contributed by atoms with E-state index in [1.54, 1.807) is 6.07 Å². The third-order valence-electron chi connectivity index (χ3n) is 3.73. The van der Waals surface area contributed by atoms with E-state index in [4.69, 9.17) is 10.5 Å². The van der Waals surface area contributed by atoms with Crippen LogP contribution in [0.5, 0.6) is 0 Å². The molecule has 1 aromatic carbocycles. The molecule has 1 aliphatic carbocycles. The maximum atomic E-state index is 13.3. The monoisotopic (exact) mass is 308 g/mol. The predicted octanol–water partition coefficient (Wildman–Crippen LogP) is 2.92. The van der Waals surface area contributed by atoms with Gasteiger partial charge in [0, 0.05) is 22.7 Å². The minimum absolute atomic E-state index is 0.135. The lowest BCUT2D eigenvalue weighted by Crippen LogP contribution is -2.47. The average molecular weight is 308 g/mol. The quantitative estimate of drug-likeness (QED) is 0.913. The number of ether oxygens (including phenoxy) is 1. The Labute approximate surface area is 126 Å². The summed E-state index contributed by atoms with van der Waals surface area (Å²) in [5.74, 6) is -0.536. The Kier molecular flexibility index (Phi) is 3.82. The second-order valence-corrected chi connectivity index (χ2v) is 6.26. The molecule has 1 heterocycles. The molecule has 1 fully saturated rings. The van der Waals surface area contributed by atoms with Gasteiger partial charge in [0.05, 0.1) is 11.8 Å². The number of benzene rings is 1. The second kappa shape index (κ2) is 5.61. The van der Waals surface area contributed by atoms with E-state index in [-0.39, 0.29) is 23.9 Å². The Balaban J connectivity index is 1.72. The van der Waals surface area contributed by atoms with E-state index in [1.165, 1.54) is 23.5 Å². The number of hydrogen-bond acceptors (Lipinski definition) is 4. The fourth-order valence-corrected chi connectivity index (χ4v) is 3.57. The van der Waals surface area contributed by atoms with Gasteiger partial charge in [-0.1, -0.05) is 0 Å². The van der Waals surface area contributed by atoms with E-state index in [2.05, 4.69) is 5.32 Å². The Bertz CT molecular complexity index is 680. The second-order valence-electron chi connectivity index (χ2n) is 5.20. The number of anilines is 1. The lowest BCUT2D eigenvalue weighted by molar-refractivity contribution is -0.00858. The van der Waals surface area contributed by atoms with Crippen molar-refractivity contribution in [1.82, 2.24) is 5.32 Å². The van der Waals surface area contributed by atoms with Gasteiger partial charge < -0.3 is 15.8 Å². The molecule has 0 radical (unpaired) electrons. The van der Waals surface area contributed by atoms with Crippen molar-refractivity contribution in [2.75, 3.05) is 12.3 Å². The SMILES string of the molecule is CCOC1CC(NC(=O)c2sc3ccc(F)cc3c2N)C1. The summed E-state index contributed by atoms with van der Waals surface area (Å²) in [6.07, 6.45) is 1.91. The van der Waals surface area contributed by atoms with Crippen molar-refractivity contribution in [3.63, 3.8) is 0 Å². The van der Waals surface area contributed by atoms with Gasteiger partial charge in [0.25, 0.3) is 5.91 Å². The molecule has 1 aliphatic rings. The maximum absolute atomic E-state index is 13.3. The van der Waals surface area contributed by atoms with Crippen molar-refractivity contribution in [1.29, 1.82) is 0 Å². The first kappa shape index (κ1) is 14.3. The first-order valence-corrected chi connectivity index (χ1v) is 7.80. The summed E-state index contributed by atoms with van der Waals surface area (Å²) in [4.78, 5) is 12.7. The number of rotatable bonds is 4. The fraction of sp³-hybridized carbons (Fsp3) is 0.400. The van der Waals surface area contributed by atoms with Crippen molar-refractivity contribution in [2.24, 2.45) is 0 Å². The smallest absolute Gasteiger partial charge is 0.263 e. The van der Waals surface area contributed by atoms with E-state index in [1.807, 2.05) is 6.92 Å². The summed E-state index contributed by atoms with van der Waals surface area (Å²) < 4.78 is 19.5. The van der Waals surface area contributed by atoms with Crippen LogP contribution >= 0.6 is 11.3 Å². The summed E-state index contributed by atoms with van der Waals surface area (Å²) in [6, 6.07) is 4.53. The van der Waals surface area contributed by atoms with Gasteiger partial charge in [-0.2, -0.15) is 0 Å². The highest BCUT2D eigenvalue weighted by Crippen LogP contribution is 2.34. The van der Waals surface area contributed by atoms with Gasteiger partial charge in [-0.25, -0.2) is 4.39 Å². The molecule has 112 valence electrons. The summed E-state index contributed by atoms with van der Waals surface area (Å²) in [6.45, 7) is 2.66. The Hall–Kier alpha value is -1.66. The molecule has 0 aliphatic heterocycles. The van der Waals surface area contributed by atoms with Crippen LogP contribution in [0, 0.1) is 5.82 Å². The Morgan fingerprint density at radius 1 is 1.52 bits per heavy atom. The highest BCUT2D eigenvalue weighted by Gasteiger charge is 2.31. The number of hydrogen-bond donors (Lipinski definition) is 2. The van der Waals surface area contributed by atoms with Crippen molar-refractivity contribution in [3.8, 4) is 0 Å². The van der Waals surface area contributed by atoms with Crippen molar-refractivity contribution < 1.29 is 13.9 Å². The molecule has 3 N–H and O–H groups in total. The molecule has 4 nitrogen and oxygen atoms in total. The molecule has 6 heteroatoms. The molecule has 3 rings (SSSR count). The summed E-state index contributed by atoms with van der Waals surface area (Å²) in [5, 5.41) is 3.56. The van der Waals surface area contributed by atoms with E-state index in [0.717, 1.165) is 17.5 Å². The Morgan fingerprint density at radius 2 is 2.29 bits per heavy atom. The molecule has 2 aromatic rings. The topological polar surface area (TPSA) is 64.3 Å². The zero-order chi connectivity index (χ0) is 15.0. The lowest BCUT2D eigenvalue weighted by atomic mass is 9.89. The maximum Gasteiger partial charge on any atom is 0.263 e. The van der Waals surface area contributed by atoms with Gasteiger partial charge >= 0.3 is 0 Å². The number of thiophene rings is 1. The van der Waals surface area contributed by atoms with Crippen LogP contribution in [-0.4, -0.2) is 24.7 Å². The summed E-state index contributed by atoms with van der Waals surface area (Å²) >= 11 is 1.29. The molecule has 0 bridgehead atoms. The number of carbonyl (C=O) groups is 1. The lowest BCUT2D eigenvalue weighted by Gasteiger charge is -2.35. The van der Waals surface area contributed by atoms with E-state index in [0.29, 0.717) is 22.6 Å². The fourth-order valence-electron chi connectivity index (χ4n) is 2.56. The van der Waals surface area contributed by atoms with Crippen molar-refractivity contribution in [2.45, 2.75) is 31.9 Å². The standard InChI is InChI=1S/C15H17FN2O2S/c1-2-20-10-6-9(7-10)18-15(19)14-13(17)11-5-8(16)3-4-12(11)21-14/h3-5,9-10H,2,6-7,17H2,1H3,(H,18,19). The van der Waals surface area contributed by atoms with Crippen LogP contribution < -0.4 is 11.1 Å². The van der Waals surface area contributed by atoms with Crippen molar-refractivity contribution in [3.05, 3.63) is 28.9 Å². The molecular weight excluding hydrogens is 291 g/mol. The average Bonchev–Trinajstić information content (AvgIpc) is 2.74. The van der Waals surface area contributed by atoms with Crippen LogP contribution in [0.15, 0.2) is 18.2 Å². The molecule has 0 atom stereocenters. The first-order chi connectivity index (χ1) is 10.1. The molecule has 0 saturated heterocycles. The number of nitrogens with two attached hydrogens (primary N) is 1. The number of amides is 1. The first-order valence-electron chi connectivity index (χ1n) is 6.98. The van der Waals surface area contributed by atoms with Gasteiger partial charge in [0.2, 0.25) is 0 Å². The van der Waals surface area contributed by atoms with Crippen LogP contribution in [0.1, 0.15) is 29.4 Å². The summed E-state index contributed by atoms with van der Waals surface area (Å²) in [5.41, 5.74) is 6.33. The minimum Gasteiger partial charge on any atom is -0.397 e. The number of fused-ring (bicyclic) bond motifs is 1. The molecule has 0 unspecified atom stereocenters. The van der Waals surface area contributed by atoms with Gasteiger partial charge in [0.1, 0.15) is 10.7 Å². The van der Waals surface area contributed by atoms with E-state index in [9.17, 15) is 9.18 Å². The zero-order valence-corrected chi connectivity index (χ0v) is 12.5. The molecule has 0 spiro atoms. The van der Waals surface area contributed by atoms with Crippen LogP contribution in [0.2, 0.25) is 0 Å².